The summed E-state index contributed by atoms with van der Waals surface area (Å²) < 4.78 is 5.09. The van der Waals surface area contributed by atoms with E-state index in [1.54, 1.807) is 20.8 Å². The Hall–Kier alpha value is -1.14. The maximum atomic E-state index is 11.7. The smallest absolute Gasteiger partial charge is 0.408 e. The monoisotopic (exact) mass is 400 g/mol. The lowest BCUT2D eigenvalue weighted by Gasteiger charge is -2.24. The van der Waals surface area contributed by atoms with E-state index in [9.17, 15) is 14.7 Å². The summed E-state index contributed by atoms with van der Waals surface area (Å²) >= 11 is 0. The van der Waals surface area contributed by atoms with Gasteiger partial charge >= 0.3 is 6.09 Å². The maximum absolute atomic E-state index is 11.7. The van der Waals surface area contributed by atoms with Gasteiger partial charge in [0.05, 0.1) is 0 Å². The molecule has 28 heavy (non-hydrogen) atoms. The van der Waals surface area contributed by atoms with Crippen LogP contribution < -0.4 is 10.6 Å². The number of hydrogen-bond acceptors (Lipinski definition) is 5. The van der Waals surface area contributed by atoms with E-state index in [1.807, 2.05) is 0 Å². The van der Waals surface area contributed by atoms with Crippen molar-refractivity contribution in [1.82, 2.24) is 10.6 Å². The topological polar surface area (TPSA) is 87.7 Å². The van der Waals surface area contributed by atoms with Crippen molar-refractivity contribution in [3.8, 4) is 0 Å². The molecule has 0 aromatic heterocycles. The molecular formula is C22H44N2O4. The van der Waals surface area contributed by atoms with Gasteiger partial charge in [-0.2, -0.15) is 0 Å². The van der Waals surface area contributed by atoms with Crippen molar-refractivity contribution in [3.05, 3.63) is 0 Å². The number of alkyl carbamates (subject to hydrolysis) is 1. The van der Waals surface area contributed by atoms with Crippen LogP contribution in [0.4, 0.5) is 4.79 Å². The molecule has 2 unspecified atom stereocenters. The number of amides is 1. The number of ether oxygens (including phenoxy) is 1. The molecule has 0 radical (unpaired) electrons. The van der Waals surface area contributed by atoms with Crippen molar-refractivity contribution < 1.29 is 19.4 Å². The summed E-state index contributed by atoms with van der Waals surface area (Å²) in [5.41, 5.74) is -0.648. The standard InChI is InChI=1S/C22H44N2O4/c1-5-6-7-8-9-10-11-12-13-14-15-16-17-23-20(26)19(18-25)24-21(27)28-22(2,3)4/h18-20,23,26H,5-17H2,1-4H3,(H,24,27). The average Bonchev–Trinajstić information content (AvgIpc) is 2.61. The van der Waals surface area contributed by atoms with E-state index in [0.717, 1.165) is 12.8 Å². The first-order valence-corrected chi connectivity index (χ1v) is 11.2. The molecule has 6 nitrogen and oxygen atoms in total. The molecular weight excluding hydrogens is 356 g/mol. The Bertz CT molecular complexity index is 396. The van der Waals surface area contributed by atoms with Gasteiger partial charge in [0.1, 0.15) is 24.2 Å². The quantitative estimate of drug-likeness (QED) is 0.187. The fourth-order valence-corrected chi connectivity index (χ4v) is 2.97. The molecule has 1 amide bonds. The molecule has 0 spiro atoms. The zero-order valence-corrected chi connectivity index (χ0v) is 18.6. The van der Waals surface area contributed by atoms with Crippen LogP contribution >= 0.6 is 0 Å². The highest BCUT2D eigenvalue weighted by Gasteiger charge is 2.23. The summed E-state index contributed by atoms with van der Waals surface area (Å²) in [6, 6.07) is -1.02. The van der Waals surface area contributed by atoms with Crippen molar-refractivity contribution in [1.29, 1.82) is 0 Å². The van der Waals surface area contributed by atoms with E-state index in [0.29, 0.717) is 12.8 Å². The van der Waals surface area contributed by atoms with E-state index >= 15 is 0 Å². The second kappa shape index (κ2) is 16.8. The normalized spacial score (nSPS) is 13.8. The highest BCUT2D eigenvalue weighted by atomic mass is 16.6. The van der Waals surface area contributed by atoms with Gasteiger partial charge in [0.2, 0.25) is 0 Å². The van der Waals surface area contributed by atoms with Gasteiger partial charge in [0, 0.05) is 0 Å². The van der Waals surface area contributed by atoms with E-state index in [1.165, 1.54) is 64.2 Å². The first-order chi connectivity index (χ1) is 13.3. The third-order valence-corrected chi connectivity index (χ3v) is 4.55. The van der Waals surface area contributed by atoms with Crippen molar-refractivity contribution in [3.63, 3.8) is 0 Å². The fourth-order valence-electron chi connectivity index (χ4n) is 2.97. The number of aliphatic hydroxyl groups excluding tert-OH is 1. The lowest BCUT2D eigenvalue weighted by atomic mass is 10.1. The molecule has 0 fully saturated rings. The Labute approximate surface area is 172 Å². The lowest BCUT2D eigenvalue weighted by Crippen LogP contribution is -2.52. The molecule has 0 rings (SSSR count). The van der Waals surface area contributed by atoms with Gasteiger partial charge in [-0.3, -0.25) is 5.32 Å². The summed E-state index contributed by atoms with van der Waals surface area (Å²) in [6.07, 6.45) is 14.0. The molecule has 0 aliphatic heterocycles. The van der Waals surface area contributed by atoms with Gasteiger partial charge < -0.3 is 20.0 Å². The number of aldehydes is 1. The molecule has 0 aliphatic rings. The van der Waals surface area contributed by atoms with Crippen LogP contribution in [0.2, 0.25) is 0 Å². The number of nitrogens with one attached hydrogen (secondary N) is 2. The minimum Gasteiger partial charge on any atom is -0.444 e. The highest BCUT2D eigenvalue weighted by Crippen LogP contribution is 2.12. The van der Waals surface area contributed by atoms with Crippen LogP contribution in [0.15, 0.2) is 0 Å². The first kappa shape index (κ1) is 26.9. The highest BCUT2D eigenvalue weighted by molar-refractivity contribution is 5.73. The molecule has 0 aromatic carbocycles. The summed E-state index contributed by atoms with van der Waals surface area (Å²) in [5.74, 6) is 0. The van der Waals surface area contributed by atoms with Crippen molar-refractivity contribution >= 4 is 12.4 Å². The Morgan fingerprint density at radius 1 is 0.929 bits per heavy atom. The molecule has 0 aliphatic carbocycles. The van der Waals surface area contributed by atoms with Crippen LogP contribution in [0.3, 0.4) is 0 Å². The number of carbonyl (C=O) groups is 2. The third-order valence-electron chi connectivity index (χ3n) is 4.55. The number of carbonyl (C=O) groups excluding carboxylic acids is 2. The van der Waals surface area contributed by atoms with E-state index in [4.69, 9.17) is 4.74 Å². The van der Waals surface area contributed by atoms with Crippen LogP contribution in [0.5, 0.6) is 0 Å². The summed E-state index contributed by atoms with van der Waals surface area (Å²) in [5, 5.41) is 15.3. The van der Waals surface area contributed by atoms with E-state index in [-0.39, 0.29) is 0 Å². The Balaban J connectivity index is 3.62. The Morgan fingerprint density at radius 2 is 1.39 bits per heavy atom. The van der Waals surface area contributed by atoms with Gasteiger partial charge in [-0.15, -0.1) is 0 Å². The predicted octanol–water partition coefficient (Wildman–Crippen LogP) is 4.69. The summed E-state index contributed by atoms with van der Waals surface area (Å²) in [6.45, 7) is 8.08. The van der Waals surface area contributed by atoms with Crippen LogP contribution in [0, 0.1) is 0 Å². The van der Waals surface area contributed by atoms with E-state index in [2.05, 4.69) is 17.6 Å². The predicted molar refractivity (Wildman–Crippen MR) is 114 cm³/mol. The Morgan fingerprint density at radius 3 is 1.82 bits per heavy atom. The molecule has 166 valence electrons. The number of rotatable bonds is 17. The molecule has 0 saturated heterocycles. The molecule has 0 bridgehead atoms. The molecule has 6 heteroatoms. The minimum absolute atomic E-state index is 0.518. The van der Waals surface area contributed by atoms with Gasteiger partial charge in [0.15, 0.2) is 0 Å². The fraction of sp³-hybridized carbons (Fsp3) is 0.909. The maximum Gasteiger partial charge on any atom is 0.408 e. The number of aliphatic hydroxyl groups is 1. The van der Waals surface area contributed by atoms with Gasteiger partial charge in [-0.05, 0) is 33.7 Å². The third kappa shape index (κ3) is 17.0. The Kier molecular flexibility index (Phi) is 16.1. The second-order valence-corrected chi connectivity index (χ2v) is 8.60. The molecule has 0 aromatic rings. The minimum atomic E-state index is -1.11. The van der Waals surface area contributed by atoms with Crippen LogP contribution in [0.1, 0.15) is 105 Å². The second-order valence-electron chi connectivity index (χ2n) is 8.60. The molecule has 0 heterocycles. The van der Waals surface area contributed by atoms with Crippen molar-refractivity contribution in [2.75, 3.05) is 6.54 Å². The van der Waals surface area contributed by atoms with Crippen LogP contribution in [-0.4, -0.2) is 41.9 Å². The molecule has 0 saturated carbocycles. The number of unbranched alkanes of at least 4 members (excludes halogenated alkanes) is 11. The largest absolute Gasteiger partial charge is 0.444 e. The molecule has 3 N–H and O–H groups in total. The summed E-state index contributed by atoms with van der Waals surface area (Å²) in [7, 11) is 0. The van der Waals surface area contributed by atoms with Crippen molar-refractivity contribution in [2.45, 2.75) is 123 Å². The van der Waals surface area contributed by atoms with Gasteiger partial charge in [0.25, 0.3) is 0 Å². The summed E-state index contributed by atoms with van der Waals surface area (Å²) in [4.78, 5) is 22.8. The average molecular weight is 401 g/mol. The lowest BCUT2D eigenvalue weighted by molar-refractivity contribution is -0.112. The van der Waals surface area contributed by atoms with E-state index < -0.39 is 24.0 Å². The SMILES string of the molecule is CCCCCCCCCCCCCCNC(O)C(C=O)NC(=O)OC(C)(C)C. The zero-order chi connectivity index (χ0) is 21.3. The first-order valence-electron chi connectivity index (χ1n) is 11.2. The number of hydrogen-bond donors (Lipinski definition) is 3. The van der Waals surface area contributed by atoms with Gasteiger partial charge in [-0.1, -0.05) is 77.6 Å². The van der Waals surface area contributed by atoms with Crippen LogP contribution in [-0.2, 0) is 9.53 Å². The van der Waals surface area contributed by atoms with Gasteiger partial charge in [-0.25, -0.2) is 4.79 Å². The molecule has 2 atom stereocenters. The van der Waals surface area contributed by atoms with Crippen LogP contribution in [0.25, 0.3) is 0 Å². The van der Waals surface area contributed by atoms with Crippen molar-refractivity contribution in [2.24, 2.45) is 0 Å². The zero-order valence-electron chi connectivity index (χ0n) is 18.6.